The van der Waals surface area contributed by atoms with E-state index in [1.807, 2.05) is 48.5 Å². The normalized spacial score (nSPS) is 10.6. The van der Waals surface area contributed by atoms with Crippen molar-refractivity contribution in [3.63, 3.8) is 0 Å². The van der Waals surface area contributed by atoms with Crippen molar-refractivity contribution in [3.05, 3.63) is 72.8 Å². The second kappa shape index (κ2) is 13.0. The van der Waals surface area contributed by atoms with Crippen molar-refractivity contribution in [2.75, 3.05) is 33.5 Å². The second-order valence-corrected chi connectivity index (χ2v) is 6.21. The predicted molar refractivity (Wildman–Crippen MR) is 115 cm³/mol. The van der Waals surface area contributed by atoms with Crippen LogP contribution >= 0.6 is 0 Å². The highest BCUT2D eigenvalue weighted by Crippen LogP contribution is 2.23. The van der Waals surface area contributed by atoms with Crippen LogP contribution in [0.25, 0.3) is 17.2 Å². The van der Waals surface area contributed by atoms with Crippen LogP contribution in [-0.2, 0) is 23.8 Å². The zero-order chi connectivity index (χ0) is 21.6. The minimum Gasteiger partial charge on any atom is -0.493 e. The lowest BCUT2D eigenvalue weighted by molar-refractivity contribution is -0.139. The van der Waals surface area contributed by atoms with Crippen molar-refractivity contribution < 1.29 is 28.5 Å². The van der Waals surface area contributed by atoms with Gasteiger partial charge in [-0.05, 0) is 34.9 Å². The van der Waals surface area contributed by atoms with E-state index in [2.05, 4.69) is 6.58 Å². The van der Waals surface area contributed by atoms with Gasteiger partial charge in [-0.2, -0.15) is 0 Å². The Morgan fingerprint density at radius 1 is 0.833 bits per heavy atom. The van der Waals surface area contributed by atoms with Crippen LogP contribution in [0, 0.1) is 0 Å². The van der Waals surface area contributed by atoms with Crippen molar-refractivity contribution in [2.24, 2.45) is 0 Å². The summed E-state index contributed by atoms with van der Waals surface area (Å²) in [6, 6.07) is 15.6. The molecule has 30 heavy (non-hydrogen) atoms. The van der Waals surface area contributed by atoms with E-state index in [1.165, 1.54) is 6.08 Å². The topological polar surface area (TPSA) is 71.1 Å². The van der Waals surface area contributed by atoms with Crippen molar-refractivity contribution in [1.29, 1.82) is 0 Å². The minimum atomic E-state index is -0.428. The number of methoxy groups -OCH3 is 1. The van der Waals surface area contributed by atoms with E-state index in [4.69, 9.17) is 18.9 Å². The van der Waals surface area contributed by atoms with Gasteiger partial charge in [-0.15, -0.1) is 0 Å². The van der Waals surface area contributed by atoms with E-state index in [1.54, 1.807) is 13.2 Å². The molecule has 0 saturated heterocycles. The SMILES string of the molecule is C=CC(=O)OCCCOc1ccc(-c2ccc(/C=C/C(=O)OCCOC)cc2)cc1. The molecule has 0 atom stereocenters. The summed E-state index contributed by atoms with van der Waals surface area (Å²) < 4.78 is 20.3. The van der Waals surface area contributed by atoms with Gasteiger partial charge in [0.15, 0.2) is 0 Å². The summed E-state index contributed by atoms with van der Waals surface area (Å²) in [7, 11) is 1.55. The van der Waals surface area contributed by atoms with Crippen LogP contribution in [0.5, 0.6) is 5.75 Å². The van der Waals surface area contributed by atoms with E-state index in [0.717, 1.165) is 28.5 Å². The zero-order valence-electron chi connectivity index (χ0n) is 17.0. The van der Waals surface area contributed by atoms with Gasteiger partial charge in [-0.3, -0.25) is 0 Å². The highest BCUT2D eigenvalue weighted by atomic mass is 16.6. The third kappa shape index (κ3) is 8.32. The summed E-state index contributed by atoms with van der Waals surface area (Å²) in [5.41, 5.74) is 3.01. The molecule has 0 heterocycles. The molecule has 6 nitrogen and oxygen atoms in total. The first-order valence-corrected chi connectivity index (χ1v) is 9.58. The molecule has 0 aromatic heterocycles. The van der Waals surface area contributed by atoms with Gasteiger partial charge in [0.2, 0.25) is 0 Å². The molecule has 0 aliphatic carbocycles. The summed E-state index contributed by atoms with van der Waals surface area (Å²) in [5, 5.41) is 0. The van der Waals surface area contributed by atoms with E-state index >= 15 is 0 Å². The van der Waals surface area contributed by atoms with Crippen LogP contribution in [0.1, 0.15) is 12.0 Å². The maximum absolute atomic E-state index is 11.6. The van der Waals surface area contributed by atoms with Gasteiger partial charge < -0.3 is 18.9 Å². The molecule has 2 aromatic rings. The molecule has 2 rings (SSSR count). The molecular weight excluding hydrogens is 384 g/mol. The van der Waals surface area contributed by atoms with Crippen LogP contribution in [0.2, 0.25) is 0 Å². The van der Waals surface area contributed by atoms with E-state index < -0.39 is 11.9 Å². The summed E-state index contributed by atoms with van der Waals surface area (Å²) in [6.07, 6.45) is 4.86. The number of carbonyl (C=O) groups is 2. The van der Waals surface area contributed by atoms with Crippen molar-refractivity contribution in [1.82, 2.24) is 0 Å². The van der Waals surface area contributed by atoms with Crippen LogP contribution in [0.3, 0.4) is 0 Å². The van der Waals surface area contributed by atoms with E-state index in [-0.39, 0.29) is 6.61 Å². The maximum atomic E-state index is 11.6. The summed E-state index contributed by atoms with van der Waals surface area (Å²) in [6.45, 7) is 4.71. The van der Waals surface area contributed by atoms with Crippen LogP contribution < -0.4 is 4.74 Å². The van der Waals surface area contributed by atoms with Crippen LogP contribution in [-0.4, -0.2) is 45.5 Å². The molecule has 0 amide bonds. The molecule has 0 N–H and O–H groups in total. The predicted octanol–water partition coefficient (Wildman–Crippen LogP) is 4.05. The van der Waals surface area contributed by atoms with E-state index in [9.17, 15) is 9.59 Å². The van der Waals surface area contributed by atoms with Gasteiger partial charge >= 0.3 is 11.9 Å². The van der Waals surface area contributed by atoms with Crippen LogP contribution in [0.4, 0.5) is 0 Å². The molecule has 0 radical (unpaired) electrons. The maximum Gasteiger partial charge on any atom is 0.330 e. The number of ether oxygens (including phenoxy) is 4. The fourth-order valence-corrected chi connectivity index (χ4v) is 2.45. The number of benzene rings is 2. The van der Waals surface area contributed by atoms with Gasteiger partial charge in [0.05, 0.1) is 19.8 Å². The first kappa shape index (κ1) is 22.9. The molecular formula is C24H26O6. The smallest absolute Gasteiger partial charge is 0.330 e. The Hall–Kier alpha value is -3.38. The molecule has 0 aliphatic rings. The zero-order valence-corrected chi connectivity index (χ0v) is 17.0. The first-order chi connectivity index (χ1) is 14.6. The highest BCUT2D eigenvalue weighted by molar-refractivity contribution is 5.87. The third-order valence-corrected chi connectivity index (χ3v) is 4.01. The molecule has 0 unspecified atom stereocenters. The standard InChI is InChI=1S/C24H26O6/c1-3-23(25)29-16-4-15-28-22-12-10-21(11-13-22)20-8-5-19(6-9-20)7-14-24(26)30-18-17-27-2/h3,5-14H,1,4,15-18H2,2H3/b14-7+. The monoisotopic (exact) mass is 410 g/mol. The molecule has 0 bridgehead atoms. The molecule has 0 spiro atoms. The lowest BCUT2D eigenvalue weighted by Gasteiger charge is -2.08. The number of hydrogen-bond donors (Lipinski definition) is 0. The van der Waals surface area contributed by atoms with Gasteiger partial charge in [-0.1, -0.05) is 43.0 Å². The van der Waals surface area contributed by atoms with Gasteiger partial charge in [0.25, 0.3) is 0 Å². The number of rotatable bonds is 12. The van der Waals surface area contributed by atoms with Gasteiger partial charge in [-0.25, -0.2) is 9.59 Å². The van der Waals surface area contributed by atoms with Gasteiger partial charge in [0, 0.05) is 25.7 Å². The number of carbonyl (C=O) groups excluding carboxylic acids is 2. The minimum absolute atomic E-state index is 0.237. The lowest BCUT2D eigenvalue weighted by atomic mass is 10.0. The summed E-state index contributed by atoms with van der Waals surface area (Å²) in [4.78, 5) is 22.5. The van der Waals surface area contributed by atoms with E-state index in [0.29, 0.717) is 26.2 Å². The second-order valence-electron chi connectivity index (χ2n) is 6.21. The molecule has 2 aromatic carbocycles. The molecule has 158 valence electrons. The first-order valence-electron chi connectivity index (χ1n) is 9.58. The number of esters is 2. The van der Waals surface area contributed by atoms with Crippen LogP contribution in [0.15, 0.2) is 67.3 Å². The Bertz CT molecular complexity index is 837. The molecule has 0 saturated carbocycles. The average molecular weight is 410 g/mol. The van der Waals surface area contributed by atoms with Crippen molar-refractivity contribution in [2.45, 2.75) is 6.42 Å². The highest BCUT2D eigenvalue weighted by Gasteiger charge is 2.01. The van der Waals surface area contributed by atoms with Crippen molar-refractivity contribution in [3.8, 4) is 16.9 Å². The molecule has 0 aliphatic heterocycles. The Balaban J connectivity index is 1.81. The molecule has 0 fully saturated rings. The summed E-state index contributed by atoms with van der Waals surface area (Å²) in [5.74, 6) is -0.0752. The molecule has 6 heteroatoms. The number of hydrogen-bond acceptors (Lipinski definition) is 6. The van der Waals surface area contributed by atoms with Gasteiger partial charge in [0.1, 0.15) is 12.4 Å². The summed E-state index contributed by atoms with van der Waals surface area (Å²) >= 11 is 0. The van der Waals surface area contributed by atoms with Crippen molar-refractivity contribution >= 4 is 18.0 Å². The lowest BCUT2D eigenvalue weighted by Crippen LogP contribution is -2.06. The Kier molecular flexibility index (Phi) is 9.89. The Morgan fingerprint density at radius 2 is 1.47 bits per heavy atom. The Morgan fingerprint density at radius 3 is 2.10 bits per heavy atom. The fourth-order valence-electron chi connectivity index (χ4n) is 2.45. The quantitative estimate of drug-likeness (QED) is 0.299. The largest absolute Gasteiger partial charge is 0.493 e. The third-order valence-electron chi connectivity index (χ3n) is 4.01. The average Bonchev–Trinajstić information content (AvgIpc) is 2.78. The Labute approximate surface area is 176 Å². The fraction of sp³-hybridized carbons (Fsp3) is 0.250.